The molecule has 8 heteroatoms. The van der Waals surface area contributed by atoms with Crippen molar-refractivity contribution in [2.45, 2.75) is 51.6 Å². The maximum absolute atomic E-state index is 12.8. The number of nitrogens with zero attached hydrogens (tertiary/aromatic N) is 1. The average Bonchev–Trinajstić information content (AvgIpc) is 3.47. The minimum atomic E-state index is -0.655. The summed E-state index contributed by atoms with van der Waals surface area (Å²) in [7, 11) is 0. The molecule has 1 heterocycles. The van der Waals surface area contributed by atoms with Gasteiger partial charge >= 0.3 is 6.09 Å². The lowest BCUT2D eigenvalue weighted by Crippen LogP contribution is -2.27. The third-order valence-electron chi connectivity index (χ3n) is 5.28. The molecule has 1 fully saturated rings. The lowest BCUT2D eigenvalue weighted by atomic mass is 10.0. The van der Waals surface area contributed by atoms with Crippen molar-refractivity contribution in [2.24, 2.45) is 0 Å². The van der Waals surface area contributed by atoms with Crippen LogP contribution in [0.4, 0.5) is 16.2 Å². The number of imidazole rings is 1. The number of aromatic amines is 1. The van der Waals surface area contributed by atoms with Gasteiger partial charge in [-0.3, -0.25) is 14.9 Å². The molecule has 1 aromatic heterocycles. The minimum absolute atomic E-state index is 0.314. The standard InChI is InChI=1S/C26H28N4O4/c1-26(2,3)34-25(33)30-20-10-9-17(16-7-8-16)14-21(20)29-23(32)15-22(31)18-5-4-6-19(13-18)24-27-11-12-28-24/h4-6,9-14,16H,7-8,15H2,1-3H3,(H,27,28)(H,29,32)(H,30,33). The fourth-order valence-corrected chi connectivity index (χ4v) is 3.56. The normalized spacial score (nSPS) is 13.3. The van der Waals surface area contributed by atoms with Gasteiger partial charge in [-0.2, -0.15) is 0 Å². The molecule has 0 saturated heterocycles. The van der Waals surface area contributed by atoms with Crippen LogP contribution in [0.15, 0.2) is 54.9 Å². The highest BCUT2D eigenvalue weighted by Crippen LogP contribution is 2.42. The van der Waals surface area contributed by atoms with Crippen LogP contribution >= 0.6 is 0 Å². The molecule has 3 N–H and O–H groups in total. The largest absolute Gasteiger partial charge is 0.444 e. The van der Waals surface area contributed by atoms with Gasteiger partial charge in [0.2, 0.25) is 5.91 Å². The Morgan fingerprint density at radius 1 is 1.06 bits per heavy atom. The minimum Gasteiger partial charge on any atom is -0.444 e. The van der Waals surface area contributed by atoms with Crippen LogP contribution < -0.4 is 10.6 Å². The SMILES string of the molecule is CC(C)(C)OC(=O)Nc1ccc(C2CC2)cc1NC(=O)CC(=O)c1cccc(-c2ncc[nH]2)c1. The Morgan fingerprint density at radius 2 is 1.85 bits per heavy atom. The summed E-state index contributed by atoms with van der Waals surface area (Å²) in [5, 5.41) is 5.49. The summed E-state index contributed by atoms with van der Waals surface area (Å²) in [5.41, 5.74) is 2.47. The van der Waals surface area contributed by atoms with E-state index < -0.39 is 17.6 Å². The van der Waals surface area contributed by atoms with Gasteiger partial charge in [-0.05, 0) is 63.3 Å². The Hall–Kier alpha value is -3.94. The number of nitrogens with one attached hydrogen (secondary N) is 3. The lowest BCUT2D eigenvalue weighted by Gasteiger charge is -2.21. The highest BCUT2D eigenvalue weighted by atomic mass is 16.6. The smallest absolute Gasteiger partial charge is 0.412 e. The lowest BCUT2D eigenvalue weighted by molar-refractivity contribution is -0.115. The molecule has 34 heavy (non-hydrogen) atoms. The van der Waals surface area contributed by atoms with Crippen molar-refractivity contribution < 1.29 is 19.1 Å². The van der Waals surface area contributed by atoms with Crippen LogP contribution in [-0.2, 0) is 9.53 Å². The fraction of sp³-hybridized carbons (Fsp3) is 0.308. The number of hydrogen-bond donors (Lipinski definition) is 3. The average molecular weight is 461 g/mol. The van der Waals surface area contributed by atoms with E-state index in [0.29, 0.717) is 28.7 Å². The second kappa shape index (κ2) is 9.51. The van der Waals surface area contributed by atoms with Gasteiger partial charge in [0.25, 0.3) is 0 Å². The van der Waals surface area contributed by atoms with Crippen LogP contribution in [0.5, 0.6) is 0 Å². The van der Waals surface area contributed by atoms with Gasteiger partial charge < -0.3 is 15.0 Å². The third kappa shape index (κ3) is 6.10. The molecule has 1 saturated carbocycles. The van der Waals surface area contributed by atoms with Crippen molar-refractivity contribution in [3.63, 3.8) is 0 Å². The van der Waals surface area contributed by atoms with Crippen LogP contribution in [0.25, 0.3) is 11.4 Å². The highest BCUT2D eigenvalue weighted by Gasteiger charge is 2.25. The second-order valence-corrected chi connectivity index (χ2v) is 9.37. The van der Waals surface area contributed by atoms with Crippen LogP contribution in [-0.4, -0.2) is 33.4 Å². The zero-order chi connectivity index (χ0) is 24.3. The first kappa shape index (κ1) is 23.2. The van der Waals surface area contributed by atoms with Gasteiger partial charge in [0, 0.05) is 23.5 Å². The fourth-order valence-electron chi connectivity index (χ4n) is 3.56. The van der Waals surface area contributed by atoms with Crippen molar-refractivity contribution in [1.29, 1.82) is 0 Å². The van der Waals surface area contributed by atoms with E-state index in [2.05, 4.69) is 20.6 Å². The summed E-state index contributed by atoms with van der Waals surface area (Å²) < 4.78 is 5.33. The molecule has 176 valence electrons. The number of rotatable bonds is 7. The van der Waals surface area contributed by atoms with E-state index in [1.54, 1.807) is 57.4 Å². The van der Waals surface area contributed by atoms with E-state index in [1.807, 2.05) is 18.2 Å². The van der Waals surface area contributed by atoms with Gasteiger partial charge in [-0.25, -0.2) is 9.78 Å². The molecule has 0 aliphatic heterocycles. The van der Waals surface area contributed by atoms with E-state index in [-0.39, 0.29) is 12.2 Å². The number of ketones is 1. The third-order valence-corrected chi connectivity index (χ3v) is 5.28. The Balaban J connectivity index is 1.47. The van der Waals surface area contributed by atoms with E-state index in [0.717, 1.165) is 24.0 Å². The predicted octanol–water partition coefficient (Wildman–Crippen LogP) is 5.51. The first-order chi connectivity index (χ1) is 16.2. The maximum Gasteiger partial charge on any atom is 0.412 e. The number of ether oxygens (including phenoxy) is 1. The molecule has 0 spiro atoms. The Labute approximate surface area is 198 Å². The second-order valence-electron chi connectivity index (χ2n) is 9.37. The first-order valence-corrected chi connectivity index (χ1v) is 11.2. The van der Waals surface area contributed by atoms with Crippen molar-refractivity contribution in [3.05, 3.63) is 66.0 Å². The van der Waals surface area contributed by atoms with Crippen LogP contribution in [0.1, 0.15) is 61.9 Å². The zero-order valence-corrected chi connectivity index (χ0v) is 19.5. The number of carbonyl (C=O) groups excluding carboxylic acids is 3. The number of hydrogen-bond acceptors (Lipinski definition) is 5. The van der Waals surface area contributed by atoms with E-state index >= 15 is 0 Å². The molecule has 3 aromatic rings. The molecular formula is C26H28N4O4. The Morgan fingerprint density at radius 3 is 2.53 bits per heavy atom. The monoisotopic (exact) mass is 460 g/mol. The topological polar surface area (TPSA) is 113 Å². The highest BCUT2D eigenvalue weighted by molar-refractivity contribution is 6.12. The van der Waals surface area contributed by atoms with Crippen LogP contribution in [0.3, 0.4) is 0 Å². The molecule has 8 nitrogen and oxygen atoms in total. The summed E-state index contributed by atoms with van der Waals surface area (Å²) in [6.07, 6.45) is 4.58. The number of amides is 2. The van der Waals surface area contributed by atoms with Crippen molar-refractivity contribution in [3.8, 4) is 11.4 Å². The molecule has 1 aliphatic carbocycles. The molecule has 0 radical (unpaired) electrons. The molecule has 0 unspecified atom stereocenters. The number of anilines is 2. The predicted molar refractivity (Wildman–Crippen MR) is 130 cm³/mol. The molecule has 1 aliphatic rings. The number of H-pyrrole nitrogens is 1. The van der Waals surface area contributed by atoms with E-state index in [9.17, 15) is 14.4 Å². The quantitative estimate of drug-likeness (QED) is 0.318. The Kier molecular flexibility index (Phi) is 6.49. The molecule has 4 rings (SSSR count). The summed E-state index contributed by atoms with van der Waals surface area (Å²) in [6, 6.07) is 12.5. The van der Waals surface area contributed by atoms with Crippen molar-refractivity contribution in [1.82, 2.24) is 9.97 Å². The van der Waals surface area contributed by atoms with Gasteiger partial charge in [0.05, 0.1) is 17.8 Å². The maximum atomic E-state index is 12.8. The van der Waals surface area contributed by atoms with Crippen LogP contribution in [0.2, 0.25) is 0 Å². The Bertz CT molecular complexity index is 1210. The van der Waals surface area contributed by atoms with Crippen molar-refractivity contribution in [2.75, 3.05) is 10.6 Å². The molecule has 2 aromatic carbocycles. The summed E-state index contributed by atoms with van der Waals surface area (Å²) >= 11 is 0. The summed E-state index contributed by atoms with van der Waals surface area (Å²) in [6.45, 7) is 5.33. The summed E-state index contributed by atoms with van der Waals surface area (Å²) in [5.74, 6) is 0.325. The van der Waals surface area contributed by atoms with Gasteiger partial charge in [-0.1, -0.05) is 24.3 Å². The molecule has 2 amide bonds. The number of aromatic nitrogens is 2. The molecule has 0 bridgehead atoms. The first-order valence-electron chi connectivity index (χ1n) is 11.2. The van der Waals surface area contributed by atoms with Gasteiger partial charge in [0.15, 0.2) is 5.78 Å². The number of benzene rings is 2. The number of Topliss-reactive ketones (excluding diaryl/α,β-unsaturated/α-hetero) is 1. The van der Waals surface area contributed by atoms with Gasteiger partial charge in [-0.15, -0.1) is 0 Å². The molecular weight excluding hydrogens is 432 g/mol. The number of carbonyl (C=O) groups is 3. The van der Waals surface area contributed by atoms with E-state index in [4.69, 9.17) is 4.74 Å². The zero-order valence-electron chi connectivity index (χ0n) is 19.5. The van der Waals surface area contributed by atoms with Crippen molar-refractivity contribution >= 4 is 29.2 Å². The van der Waals surface area contributed by atoms with Gasteiger partial charge in [0.1, 0.15) is 11.4 Å². The van der Waals surface area contributed by atoms with E-state index in [1.165, 1.54) is 0 Å². The molecule has 0 atom stereocenters. The summed E-state index contributed by atoms with van der Waals surface area (Å²) in [4.78, 5) is 45.0. The van der Waals surface area contributed by atoms with Crippen LogP contribution in [0, 0.1) is 0 Å².